The summed E-state index contributed by atoms with van der Waals surface area (Å²) < 4.78 is 13.1. The zero-order valence-electron chi connectivity index (χ0n) is 16.2. The first-order chi connectivity index (χ1) is 14.1. The van der Waals surface area contributed by atoms with E-state index in [1.807, 2.05) is 47.4 Å². The van der Waals surface area contributed by atoms with Crippen molar-refractivity contribution in [3.63, 3.8) is 0 Å². The first-order valence-electron chi connectivity index (χ1n) is 9.90. The summed E-state index contributed by atoms with van der Waals surface area (Å²) in [6.45, 7) is 2.63. The highest BCUT2D eigenvalue weighted by Gasteiger charge is 2.22. The van der Waals surface area contributed by atoms with Gasteiger partial charge in [-0.2, -0.15) is 0 Å². The molecule has 0 radical (unpaired) electrons. The number of fused-ring (bicyclic) bond motifs is 1. The number of ketones is 1. The lowest BCUT2D eigenvalue weighted by Gasteiger charge is -2.36. The van der Waals surface area contributed by atoms with Gasteiger partial charge in [-0.05, 0) is 41.1 Å². The van der Waals surface area contributed by atoms with Gasteiger partial charge in [-0.25, -0.2) is 4.39 Å². The van der Waals surface area contributed by atoms with Gasteiger partial charge >= 0.3 is 0 Å². The van der Waals surface area contributed by atoms with Crippen LogP contribution >= 0.6 is 0 Å². The van der Waals surface area contributed by atoms with E-state index in [2.05, 4.69) is 4.90 Å². The molecule has 4 rings (SSSR count). The number of Topliss-reactive ketones (excluding diaryl/α,β-unsaturated/α-hetero) is 1. The molecule has 0 N–H and O–H groups in total. The predicted octanol–water partition coefficient (Wildman–Crippen LogP) is 4.29. The predicted molar refractivity (Wildman–Crippen MR) is 113 cm³/mol. The van der Waals surface area contributed by atoms with E-state index in [1.165, 1.54) is 12.1 Å². The summed E-state index contributed by atoms with van der Waals surface area (Å²) in [6.07, 6.45) is 0.442. The maximum atomic E-state index is 13.1. The van der Waals surface area contributed by atoms with Gasteiger partial charge in [0, 0.05) is 50.3 Å². The highest BCUT2D eigenvalue weighted by Crippen LogP contribution is 2.19. The lowest BCUT2D eigenvalue weighted by molar-refractivity contribution is -0.131. The van der Waals surface area contributed by atoms with Crippen LogP contribution in [0.4, 0.5) is 10.1 Å². The van der Waals surface area contributed by atoms with Gasteiger partial charge in [-0.15, -0.1) is 0 Å². The molecular weight excluding hydrogens is 367 g/mol. The van der Waals surface area contributed by atoms with Gasteiger partial charge < -0.3 is 9.80 Å². The van der Waals surface area contributed by atoms with Crippen molar-refractivity contribution >= 4 is 28.2 Å². The molecule has 3 aromatic carbocycles. The number of carbonyl (C=O) groups excluding carboxylic acids is 2. The SMILES string of the molecule is O=C(CCC(=O)N1CCN(c2ccc(F)cc2)CC1)c1ccc2ccccc2c1. The molecule has 1 amide bonds. The van der Waals surface area contributed by atoms with Crippen molar-refractivity contribution < 1.29 is 14.0 Å². The minimum atomic E-state index is -0.251. The molecule has 5 heteroatoms. The van der Waals surface area contributed by atoms with E-state index < -0.39 is 0 Å². The molecule has 3 aromatic rings. The van der Waals surface area contributed by atoms with E-state index in [-0.39, 0.29) is 30.3 Å². The molecular formula is C24H23FN2O2. The molecule has 29 heavy (non-hydrogen) atoms. The number of carbonyl (C=O) groups is 2. The Balaban J connectivity index is 1.29. The Kier molecular flexibility index (Phi) is 5.56. The second-order valence-corrected chi connectivity index (χ2v) is 7.33. The Hall–Kier alpha value is -3.21. The average molecular weight is 390 g/mol. The molecule has 148 valence electrons. The van der Waals surface area contributed by atoms with Gasteiger partial charge in [0.1, 0.15) is 5.82 Å². The summed E-state index contributed by atoms with van der Waals surface area (Å²) in [7, 11) is 0. The minimum Gasteiger partial charge on any atom is -0.368 e. The standard InChI is InChI=1S/C24H23FN2O2/c25-21-7-9-22(10-8-21)26-13-15-27(16-14-26)24(29)12-11-23(28)20-6-5-18-3-1-2-4-19(18)17-20/h1-10,17H,11-16H2. The number of hydrogen-bond acceptors (Lipinski definition) is 3. The van der Waals surface area contributed by atoms with E-state index in [1.54, 1.807) is 12.1 Å². The molecule has 1 aliphatic rings. The number of benzene rings is 3. The molecule has 1 fully saturated rings. The van der Waals surface area contributed by atoms with Crippen LogP contribution < -0.4 is 4.90 Å². The molecule has 0 saturated carbocycles. The topological polar surface area (TPSA) is 40.6 Å². The van der Waals surface area contributed by atoms with Gasteiger partial charge in [-0.3, -0.25) is 9.59 Å². The number of piperazine rings is 1. The van der Waals surface area contributed by atoms with Gasteiger partial charge in [0.2, 0.25) is 5.91 Å². The fourth-order valence-corrected chi connectivity index (χ4v) is 3.75. The second kappa shape index (κ2) is 8.43. The second-order valence-electron chi connectivity index (χ2n) is 7.33. The number of hydrogen-bond donors (Lipinski definition) is 0. The van der Waals surface area contributed by atoms with Crippen LogP contribution in [0.25, 0.3) is 10.8 Å². The number of anilines is 1. The monoisotopic (exact) mass is 390 g/mol. The summed E-state index contributed by atoms with van der Waals surface area (Å²) in [5, 5.41) is 2.13. The molecule has 0 atom stereocenters. The molecule has 1 aliphatic heterocycles. The summed E-state index contributed by atoms with van der Waals surface area (Å²) >= 11 is 0. The molecule has 0 spiro atoms. The highest BCUT2D eigenvalue weighted by molar-refractivity contribution is 6.01. The number of halogens is 1. The van der Waals surface area contributed by atoms with Crippen molar-refractivity contribution in [2.45, 2.75) is 12.8 Å². The van der Waals surface area contributed by atoms with E-state index in [0.29, 0.717) is 31.7 Å². The minimum absolute atomic E-state index is 0.00551. The summed E-state index contributed by atoms with van der Waals surface area (Å²) in [5.74, 6) is -0.245. The van der Waals surface area contributed by atoms with E-state index in [4.69, 9.17) is 0 Å². The van der Waals surface area contributed by atoms with Gasteiger partial charge in [0.25, 0.3) is 0 Å². The van der Waals surface area contributed by atoms with E-state index in [9.17, 15) is 14.0 Å². The molecule has 0 aliphatic carbocycles. The Morgan fingerprint density at radius 3 is 2.21 bits per heavy atom. The smallest absolute Gasteiger partial charge is 0.223 e. The van der Waals surface area contributed by atoms with Crippen molar-refractivity contribution in [1.29, 1.82) is 0 Å². The molecule has 0 aromatic heterocycles. The molecule has 0 bridgehead atoms. The molecule has 0 unspecified atom stereocenters. The lowest BCUT2D eigenvalue weighted by atomic mass is 10.0. The third kappa shape index (κ3) is 4.45. The maximum Gasteiger partial charge on any atom is 0.223 e. The van der Waals surface area contributed by atoms with Crippen molar-refractivity contribution in [3.8, 4) is 0 Å². The van der Waals surface area contributed by atoms with Crippen LogP contribution in [-0.4, -0.2) is 42.8 Å². The van der Waals surface area contributed by atoms with Crippen molar-refractivity contribution in [1.82, 2.24) is 4.90 Å². The Morgan fingerprint density at radius 1 is 0.793 bits per heavy atom. The first kappa shape index (κ1) is 19.1. The van der Waals surface area contributed by atoms with Crippen molar-refractivity contribution in [3.05, 3.63) is 78.1 Å². The van der Waals surface area contributed by atoms with E-state index >= 15 is 0 Å². The van der Waals surface area contributed by atoms with Crippen LogP contribution in [0, 0.1) is 5.82 Å². The summed E-state index contributed by atoms with van der Waals surface area (Å²) in [4.78, 5) is 29.0. The normalized spacial score (nSPS) is 14.2. The quantitative estimate of drug-likeness (QED) is 0.610. The van der Waals surface area contributed by atoms with Gasteiger partial charge in [0.05, 0.1) is 0 Å². The summed E-state index contributed by atoms with van der Waals surface area (Å²) in [5.41, 5.74) is 1.61. The van der Waals surface area contributed by atoms with Gasteiger partial charge in [0.15, 0.2) is 5.78 Å². The third-order valence-corrected chi connectivity index (χ3v) is 5.46. The zero-order valence-corrected chi connectivity index (χ0v) is 16.2. The third-order valence-electron chi connectivity index (χ3n) is 5.46. The Morgan fingerprint density at radius 2 is 1.48 bits per heavy atom. The highest BCUT2D eigenvalue weighted by atomic mass is 19.1. The summed E-state index contributed by atoms with van der Waals surface area (Å²) in [6, 6.07) is 20.0. The molecule has 1 saturated heterocycles. The van der Waals surface area contributed by atoms with Crippen LogP contribution in [0.3, 0.4) is 0 Å². The Bertz CT molecular complexity index is 1020. The van der Waals surface area contributed by atoms with Crippen LogP contribution in [0.1, 0.15) is 23.2 Å². The molecule has 1 heterocycles. The number of rotatable bonds is 5. The van der Waals surface area contributed by atoms with Gasteiger partial charge in [-0.1, -0.05) is 36.4 Å². The van der Waals surface area contributed by atoms with Crippen LogP contribution in [0.15, 0.2) is 66.7 Å². The number of amides is 1. The largest absolute Gasteiger partial charge is 0.368 e. The van der Waals surface area contributed by atoms with Crippen molar-refractivity contribution in [2.75, 3.05) is 31.1 Å². The van der Waals surface area contributed by atoms with Crippen LogP contribution in [-0.2, 0) is 4.79 Å². The van der Waals surface area contributed by atoms with Crippen LogP contribution in [0.5, 0.6) is 0 Å². The Labute approximate surface area is 169 Å². The zero-order chi connectivity index (χ0) is 20.2. The average Bonchev–Trinajstić information content (AvgIpc) is 2.77. The molecule has 4 nitrogen and oxygen atoms in total. The fraction of sp³-hybridized carbons (Fsp3) is 0.250. The maximum absolute atomic E-state index is 13.1. The first-order valence-corrected chi connectivity index (χ1v) is 9.90. The number of nitrogens with zero attached hydrogens (tertiary/aromatic N) is 2. The van der Waals surface area contributed by atoms with E-state index in [0.717, 1.165) is 16.5 Å². The van der Waals surface area contributed by atoms with Crippen LogP contribution in [0.2, 0.25) is 0 Å². The van der Waals surface area contributed by atoms with Crippen molar-refractivity contribution in [2.24, 2.45) is 0 Å². The fourth-order valence-electron chi connectivity index (χ4n) is 3.75. The lowest BCUT2D eigenvalue weighted by Crippen LogP contribution is -2.48.